The van der Waals surface area contributed by atoms with Crippen molar-refractivity contribution in [3.8, 4) is 5.75 Å². The van der Waals surface area contributed by atoms with E-state index in [-0.39, 0.29) is 5.88 Å². The van der Waals surface area contributed by atoms with Gasteiger partial charge in [-0.1, -0.05) is 18.2 Å². The highest BCUT2D eigenvalue weighted by Crippen LogP contribution is 2.28. The minimum atomic E-state index is -0.592. The number of hydrogen-bond donors (Lipinski definition) is 1. The molecule has 0 saturated carbocycles. The number of aromatic nitrogens is 2. The van der Waals surface area contributed by atoms with Crippen molar-refractivity contribution in [3.05, 3.63) is 65.4 Å². The van der Waals surface area contributed by atoms with Gasteiger partial charge >= 0.3 is 0 Å². The number of nitrogens with zero attached hydrogens (tertiary/aromatic N) is 2. The second-order valence-electron chi connectivity index (χ2n) is 5.04. The Kier molecular flexibility index (Phi) is 4.41. The molecule has 0 amide bonds. The van der Waals surface area contributed by atoms with Crippen molar-refractivity contribution >= 4 is 22.5 Å². The molecule has 0 bridgehead atoms. The smallest absolute Gasteiger partial charge is 0.144 e. The number of nitrogens with two attached hydrogens (primary N) is 1. The van der Waals surface area contributed by atoms with Gasteiger partial charge in [-0.2, -0.15) is 0 Å². The summed E-state index contributed by atoms with van der Waals surface area (Å²) in [4.78, 5) is 8.62. The van der Waals surface area contributed by atoms with E-state index in [9.17, 15) is 4.39 Å². The van der Waals surface area contributed by atoms with Gasteiger partial charge in [-0.3, -0.25) is 0 Å². The maximum atomic E-state index is 14.3. The molecule has 118 valence electrons. The maximum Gasteiger partial charge on any atom is 0.144 e. The predicted molar refractivity (Wildman–Crippen MR) is 88.1 cm³/mol. The highest BCUT2D eigenvalue weighted by atomic mass is 35.5. The van der Waals surface area contributed by atoms with Crippen LogP contribution in [-0.2, 0) is 5.88 Å². The first kappa shape index (κ1) is 15.6. The third-order valence-corrected chi connectivity index (χ3v) is 3.87. The number of benzene rings is 2. The average Bonchev–Trinajstić information content (AvgIpc) is 2.60. The van der Waals surface area contributed by atoms with Gasteiger partial charge in [0.15, 0.2) is 0 Å². The van der Waals surface area contributed by atoms with E-state index in [0.29, 0.717) is 22.4 Å². The molecule has 23 heavy (non-hydrogen) atoms. The number of alkyl halides is 1. The molecule has 6 heteroatoms. The van der Waals surface area contributed by atoms with E-state index in [1.807, 2.05) is 12.1 Å². The van der Waals surface area contributed by atoms with Gasteiger partial charge < -0.3 is 10.5 Å². The van der Waals surface area contributed by atoms with Crippen molar-refractivity contribution in [2.45, 2.75) is 11.9 Å². The van der Waals surface area contributed by atoms with Gasteiger partial charge in [-0.15, -0.1) is 11.6 Å². The van der Waals surface area contributed by atoms with Gasteiger partial charge in [-0.05, 0) is 29.8 Å². The Labute approximate surface area is 138 Å². The minimum absolute atomic E-state index is 0.134. The first-order chi connectivity index (χ1) is 11.1. The lowest BCUT2D eigenvalue weighted by Crippen LogP contribution is -2.16. The Balaban J connectivity index is 2.16. The van der Waals surface area contributed by atoms with Gasteiger partial charge in [0.2, 0.25) is 0 Å². The summed E-state index contributed by atoms with van der Waals surface area (Å²) in [7, 11) is 1.59. The largest absolute Gasteiger partial charge is 0.497 e. The SMILES string of the molecule is COc1ccc(C(N)c2nc(CCl)nc3cccc(F)c23)cc1. The zero-order valence-electron chi connectivity index (χ0n) is 12.5. The molecule has 1 unspecified atom stereocenters. The summed E-state index contributed by atoms with van der Waals surface area (Å²) in [5, 5.41) is 0.324. The van der Waals surface area contributed by atoms with Crippen LogP contribution in [-0.4, -0.2) is 17.1 Å². The quantitative estimate of drug-likeness (QED) is 0.742. The Morgan fingerprint density at radius 3 is 2.57 bits per heavy atom. The summed E-state index contributed by atoms with van der Waals surface area (Å²) < 4.78 is 19.4. The van der Waals surface area contributed by atoms with Crippen molar-refractivity contribution in [1.29, 1.82) is 0 Å². The lowest BCUT2D eigenvalue weighted by molar-refractivity contribution is 0.414. The average molecular weight is 332 g/mol. The Morgan fingerprint density at radius 1 is 1.17 bits per heavy atom. The highest BCUT2D eigenvalue weighted by molar-refractivity contribution is 6.16. The molecule has 0 aliphatic heterocycles. The molecule has 3 rings (SSSR count). The van der Waals surface area contributed by atoms with Crippen molar-refractivity contribution < 1.29 is 9.13 Å². The van der Waals surface area contributed by atoms with E-state index >= 15 is 0 Å². The van der Waals surface area contributed by atoms with E-state index in [1.165, 1.54) is 6.07 Å². The monoisotopic (exact) mass is 331 g/mol. The van der Waals surface area contributed by atoms with Crippen LogP contribution in [0.15, 0.2) is 42.5 Å². The molecule has 0 fully saturated rings. The van der Waals surface area contributed by atoms with Crippen LogP contribution in [0, 0.1) is 5.82 Å². The second kappa shape index (κ2) is 6.48. The predicted octanol–water partition coefficient (Wildman–Crippen LogP) is 3.56. The van der Waals surface area contributed by atoms with Crippen LogP contribution in [0.2, 0.25) is 0 Å². The summed E-state index contributed by atoms with van der Waals surface area (Å²) >= 11 is 5.85. The number of methoxy groups -OCH3 is 1. The molecule has 0 saturated heterocycles. The standard InChI is InChI=1S/C17H15ClFN3O/c1-23-11-7-5-10(6-8-11)16(20)17-15-12(19)3-2-4-13(15)21-14(9-18)22-17/h2-8,16H,9,20H2,1H3. The van der Waals surface area contributed by atoms with Gasteiger partial charge in [0.25, 0.3) is 0 Å². The molecule has 1 aromatic heterocycles. The first-order valence-electron chi connectivity index (χ1n) is 7.04. The Hall–Kier alpha value is -2.24. The molecule has 0 aliphatic rings. The Bertz CT molecular complexity index is 839. The lowest BCUT2D eigenvalue weighted by Gasteiger charge is -2.16. The van der Waals surface area contributed by atoms with Crippen LogP contribution in [0.5, 0.6) is 5.75 Å². The lowest BCUT2D eigenvalue weighted by atomic mass is 10.0. The van der Waals surface area contributed by atoms with Crippen molar-refractivity contribution in [1.82, 2.24) is 9.97 Å². The third-order valence-electron chi connectivity index (χ3n) is 3.64. The fraction of sp³-hybridized carbons (Fsp3) is 0.176. The van der Waals surface area contributed by atoms with Crippen LogP contribution in [0.25, 0.3) is 10.9 Å². The second-order valence-corrected chi connectivity index (χ2v) is 5.31. The zero-order chi connectivity index (χ0) is 16.4. The van der Waals surface area contributed by atoms with Crippen LogP contribution >= 0.6 is 11.6 Å². The highest BCUT2D eigenvalue weighted by Gasteiger charge is 2.19. The summed E-state index contributed by atoms with van der Waals surface area (Å²) in [6.45, 7) is 0. The summed E-state index contributed by atoms with van der Waals surface area (Å²) in [6, 6.07) is 11.4. The fourth-order valence-corrected chi connectivity index (χ4v) is 2.59. The molecule has 2 N–H and O–H groups in total. The van der Waals surface area contributed by atoms with Crippen molar-refractivity contribution in [3.63, 3.8) is 0 Å². The number of hydrogen-bond acceptors (Lipinski definition) is 4. The normalized spacial score (nSPS) is 12.3. The summed E-state index contributed by atoms with van der Waals surface area (Å²) in [5.74, 6) is 0.877. The van der Waals surface area contributed by atoms with Gasteiger partial charge in [0.1, 0.15) is 17.4 Å². The molecular formula is C17H15ClFN3O. The maximum absolute atomic E-state index is 14.3. The molecular weight excluding hydrogens is 317 g/mol. The van der Waals surface area contributed by atoms with E-state index in [4.69, 9.17) is 22.1 Å². The molecule has 2 aromatic carbocycles. The number of rotatable bonds is 4. The van der Waals surface area contributed by atoms with Crippen LogP contribution in [0.1, 0.15) is 23.1 Å². The number of ether oxygens (including phenoxy) is 1. The molecule has 1 atom stereocenters. The molecule has 1 heterocycles. The van der Waals surface area contributed by atoms with Crippen molar-refractivity contribution in [2.24, 2.45) is 5.73 Å². The third kappa shape index (κ3) is 2.98. The molecule has 4 nitrogen and oxygen atoms in total. The van der Waals surface area contributed by atoms with E-state index in [1.54, 1.807) is 31.4 Å². The van der Waals surface area contributed by atoms with Gasteiger partial charge in [0.05, 0.1) is 35.6 Å². The Morgan fingerprint density at radius 2 is 1.91 bits per heavy atom. The van der Waals surface area contributed by atoms with E-state index < -0.39 is 11.9 Å². The van der Waals surface area contributed by atoms with Gasteiger partial charge in [-0.25, -0.2) is 14.4 Å². The molecule has 0 radical (unpaired) electrons. The van der Waals surface area contributed by atoms with Crippen LogP contribution < -0.4 is 10.5 Å². The van der Waals surface area contributed by atoms with Gasteiger partial charge in [0, 0.05) is 0 Å². The first-order valence-corrected chi connectivity index (χ1v) is 7.58. The summed E-state index contributed by atoms with van der Waals surface area (Å²) in [6.07, 6.45) is 0. The summed E-state index contributed by atoms with van der Waals surface area (Å²) in [5.41, 5.74) is 8.05. The van der Waals surface area contributed by atoms with E-state index in [2.05, 4.69) is 9.97 Å². The molecule has 3 aromatic rings. The molecule has 0 aliphatic carbocycles. The number of fused-ring (bicyclic) bond motifs is 1. The fourth-order valence-electron chi connectivity index (χ4n) is 2.47. The van der Waals surface area contributed by atoms with Crippen molar-refractivity contribution in [2.75, 3.05) is 7.11 Å². The zero-order valence-corrected chi connectivity index (χ0v) is 13.2. The molecule has 0 spiro atoms. The topological polar surface area (TPSA) is 61.0 Å². The minimum Gasteiger partial charge on any atom is -0.497 e. The number of halogens is 2. The van der Waals surface area contributed by atoms with E-state index in [0.717, 1.165) is 11.3 Å². The van der Waals surface area contributed by atoms with Crippen LogP contribution in [0.3, 0.4) is 0 Å². The van der Waals surface area contributed by atoms with Crippen LogP contribution in [0.4, 0.5) is 4.39 Å².